The lowest BCUT2D eigenvalue weighted by Gasteiger charge is -2.36. The van der Waals surface area contributed by atoms with E-state index in [4.69, 9.17) is 0 Å². The third-order valence-corrected chi connectivity index (χ3v) is 7.05. The molecule has 0 bridgehead atoms. The van der Waals surface area contributed by atoms with Gasteiger partial charge < -0.3 is 14.8 Å². The van der Waals surface area contributed by atoms with E-state index in [-0.39, 0.29) is 16.7 Å². The molecule has 26 heavy (non-hydrogen) atoms. The van der Waals surface area contributed by atoms with E-state index in [1.807, 2.05) is 24.3 Å². The Hall–Kier alpha value is -1.49. The van der Waals surface area contributed by atoms with Crippen LogP contribution < -0.4 is 5.11 Å². The maximum atomic E-state index is 13.2. The predicted octanol–water partition coefficient (Wildman–Crippen LogP) is 3.20. The fraction of sp³-hybridized carbons (Fsp3) is 0.619. The summed E-state index contributed by atoms with van der Waals surface area (Å²) in [5.74, 6) is -0.512. The van der Waals surface area contributed by atoms with Crippen molar-refractivity contribution >= 4 is 23.6 Å². The average Bonchev–Trinajstić information content (AvgIpc) is 3.06. The van der Waals surface area contributed by atoms with E-state index in [1.54, 1.807) is 16.7 Å². The molecule has 3 rings (SSSR count). The SMILES string of the molecule is CC(C)(C)c1ccc(C(=O)N2[C@@H](C3CCCCC3)SC[C@H]2C(=O)[O-])cc1. The molecule has 1 aliphatic carbocycles. The van der Waals surface area contributed by atoms with Crippen molar-refractivity contribution in [1.82, 2.24) is 4.90 Å². The van der Waals surface area contributed by atoms with Crippen LogP contribution in [0.5, 0.6) is 0 Å². The highest BCUT2D eigenvalue weighted by molar-refractivity contribution is 8.00. The Kier molecular flexibility index (Phi) is 5.66. The summed E-state index contributed by atoms with van der Waals surface area (Å²) in [6.45, 7) is 6.39. The van der Waals surface area contributed by atoms with Crippen LogP contribution in [0.3, 0.4) is 0 Å². The van der Waals surface area contributed by atoms with Gasteiger partial charge in [-0.3, -0.25) is 4.79 Å². The standard InChI is InChI=1S/C21H29NO3S/c1-21(2,3)16-11-9-14(10-12-16)18(23)22-17(20(24)25)13-26-19(22)15-7-5-4-6-8-15/h9-12,15,17,19H,4-8,13H2,1-3H3,(H,24,25)/p-1/t17-,19+/m0/s1. The van der Waals surface area contributed by atoms with E-state index >= 15 is 0 Å². The van der Waals surface area contributed by atoms with Crippen molar-refractivity contribution in [1.29, 1.82) is 0 Å². The first-order chi connectivity index (χ1) is 12.3. The van der Waals surface area contributed by atoms with Crippen molar-refractivity contribution in [2.75, 3.05) is 5.75 Å². The van der Waals surface area contributed by atoms with E-state index in [2.05, 4.69) is 20.8 Å². The lowest BCUT2D eigenvalue weighted by atomic mass is 9.86. The van der Waals surface area contributed by atoms with Gasteiger partial charge in [-0.05, 0) is 41.9 Å². The number of benzene rings is 1. The quantitative estimate of drug-likeness (QED) is 0.815. The maximum Gasteiger partial charge on any atom is 0.255 e. The predicted molar refractivity (Wildman–Crippen MR) is 103 cm³/mol. The summed E-state index contributed by atoms with van der Waals surface area (Å²) in [6, 6.07) is 6.77. The van der Waals surface area contributed by atoms with Crippen LogP contribution in [0.25, 0.3) is 0 Å². The Bertz CT molecular complexity index is 659. The third-order valence-electron chi connectivity index (χ3n) is 5.59. The molecular weight excluding hydrogens is 346 g/mol. The second-order valence-corrected chi connectivity index (χ2v) is 9.65. The number of carboxylic acids is 1. The minimum absolute atomic E-state index is 0.0171. The summed E-state index contributed by atoms with van der Waals surface area (Å²) >= 11 is 1.61. The molecule has 5 heteroatoms. The van der Waals surface area contributed by atoms with Crippen molar-refractivity contribution in [2.24, 2.45) is 5.92 Å². The summed E-state index contributed by atoms with van der Waals surface area (Å²) in [4.78, 5) is 26.4. The van der Waals surface area contributed by atoms with Crippen LogP contribution in [-0.2, 0) is 10.2 Å². The van der Waals surface area contributed by atoms with Gasteiger partial charge in [-0.25, -0.2) is 0 Å². The maximum absolute atomic E-state index is 13.2. The fourth-order valence-corrected chi connectivity index (χ4v) is 5.63. The molecule has 0 N–H and O–H groups in total. The Morgan fingerprint density at radius 1 is 1.08 bits per heavy atom. The number of amides is 1. The molecule has 1 saturated heterocycles. The summed E-state index contributed by atoms with van der Waals surface area (Å²) < 4.78 is 0. The second-order valence-electron chi connectivity index (χ2n) is 8.50. The van der Waals surface area contributed by atoms with E-state index in [0.29, 0.717) is 17.2 Å². The lowest BCUT2D eigenvalue weighted by molar-refractivity contribution is -0.310. The number of thioether (sulfide) groups is 1. The molecule has 4 nitrogen and oxygen atoms in total. The molecule has 2 atom stereocenters. The number of hydrogen-bond acceptors (Lipinski definition) is 4. The van der Waals surface area contributed by atoms with Crippen LogP contribution in [0.4, 0.5) is 0 Å². The molecule has 0 aromatic heterocycles. The highest BCUT2D eigenvalue weighted by Crippen LogP contribution is 2.41. The molecule has 142 valence electrons. The molecule has 0 unspecified atom stereocenters. The highest BCUT2D eigenvalue weighted by Gasteiger charge is 2.42. The zero-order chi connectivity index (χ0) is 18.9. The summed E-state index contributed by atoms with van der Waals surface area (Å²) in [7, 11) is 0. The topological polar surface area (TPSA) is 60.4 Å². The Labute approximate surface area is 160 Å². The van der Waals surface area contributed by atoms with Crippen molar-refractivity contribution < 1.29 is 14.7 Å². The van der Waals surface area contributed by atoms with Crippen molar-refractivity contribution in [3.63, 3.8) is 0 Å². The Balaban J connectivity index is 1.86. The van der Waals surface area contributed by atoms with Gasteiger partial charge >= 0.3 is 0 Å². The van der Waals surface area contributed by atoms with Gasteiger partial charge in [0, 0.05) is 11.3 Å². The molecule has 1 aromatic rings. The van der Waals surface area contributed by atoms with Gasteiger partial charge in [-0.15, -0.1) is 11.8 Å². The van der Waals surface area contributed by atoms with Crippen LogP contribution in [0, 0.1) is 5.92 Å². The van der Waals surface area contributed by atoms with E-state index in [9.17, 15) is 14.7 Å². The minimum atomic E-state index is -1.14. The minimum Gasteiger partial charge on any atom is -0.548 e. The zero-order valence-electron chi connectivity index (χ0n) is 15.9. The molecule has 0 spiro atoms. The van der Waals surface area contributed by atoms with Gasteiger partial charge in [0.1, 0.15) is 0 Å². The number of carboxylic acid groups (broad SMARTS) is 1. The smallest absolute Gasteiger partial charge is 0.255 e. The van der Waals surface area contributed by atoms with Gasteiger partial charge in [0.25, 0.3) is 5.91 Å². The monoisotopic (exact) mass is 374 g/mol. The normalized spacial score (nSPS) is 24.7. The molecule has 2 fully saturated rings. The van der Waals surface area contributed by atoms with E-state index in [0.717, 1.165) is 18.4 Å². The molecular formula is C21H28NO3S-. The average molecular weight is 375 g/mol. The van der Waals surface area contributed by atoms with Crippen LogP contribution in [-0.4, -0.2) is 33.9 Å². The summed E-state index contributed by atoms with van der Waals surface area (Å²) in [6.07, 6.45) is 5.72. The van der Waals surface area contributed by atoms with E-state index in [1.165, 1.54) is 19.3 Å². The second kappa shape index (κ2) is 7.63. The molecule has 2 aliphatic rings. The van der Waals surface area contributed by atoms with Gasteiger partial charge in [0.15, 0.2) is 0 Å². The van der Waals surface area contributed by atoms with Gasteiger partial charge in [0.2, 0.25) is 0 Å². The van der Waals surface area contributed by atoms with Crippen LogP contribution in [0.15, 0.2) is 24.3 Å². The van der Waals surface area contributed by atoms with Gasteiger partial charge in [-0.1, -0.05) is 52.2 Å². The highest BCUT2D eigenvalue weighted by atomic mass is 32.2. The fourth-order valence-electron chi connectivity index (χ4n) is 4.01. The Morgan fingerprint density at radius 3 is 2.23 bits per heavy atom. The third kappa shape index (κ3) is 3.93. The zero-order valence-corrected chi connectivity index (χ0v) is 16.7. The number of carbonyl (C=O) groups is 2. The summed E-state index contributed by atoms with van der Waals surface area (Å²) in [5.41, 5.74) is 1.74. The van der Waals surface area contributed by atoms with Crippen molar-refractivity contribution in [3.8, 4) is 0 Å². The van der Waals surface area contributed by atoms with Crippen LogP contribution in [0.2, 0.25) is 0 Å². The number of rotatable bonds is 3. The first-order valence-electron chi connectivity index (χ1n) is 9.54. The van der Waals surface area contributed by atoms with E-state index < -0.39 is 12.0 Å². The lowest BCUT2D eigenvalue weighted by Crippen LogP contribution is -2.52. The first kappa shape index (κ1) is 19.3. The van der Waals surface area contributed by atoms with Gasteiger partial charge in [-0.2, -0.15) is 0 Å². The molecule has 0 radical (unpaired) electrons. The summed E-state index contributed by atoms with van der Waals surface area (Å²) in [5, 5.41) is 11.6. The molecule has 1 saturated carbocycles. The molecule has 1 aliphatic heterocycles. The number of nitrogens with zero attached hydrogens (tertiary/aromatic N) is 1. The van der Waals surface area contributed by atoms with Crippen molar-refractivity contribution in [3.05, 3.63) is 35.4 Å². The number of aliphatic carboxylic acids is 1. The number of hydrogen-bond donors (Lipinski definition) is 0. The first-order valence-corrected chi connectivity index (χ1v) is 10.6. The number of carbonyl (C=O) groups excluding carboxylic acids is 2. The van der Waals surface area contributed by atoms with Crippen LogP contribution >= 0.6 is 11.8 Å². The van der Waals surface area contributed by atoms with Crippen LogP contribution in [0.1, 0.15) is 68.8 Å². The molecule has 1 heterocycles. The Morgan fingerprint density at radius 2 is 1.69 bits per heavy atom. The molecule has 1 amide bonds. The molecule has 1 aromatic carbocycles. The van der Waals surface area contributed by atoms with Crippen molar-refractivity contribution in [2.45, 2.75) is 69.7 Å². The van der Waals surface area contributed by atoms with Gasteiger partial charge in [0.05, 0.1) is 17.4 Å². The largest absolute Gasteiger partial charge is 0.548 e.